The number of halogens is 3. The molecular weight excluding hydrogens is 326 g/mol. The zero-order chi connectivity index (χ0) is 17.0. The van der Waals surface area contributed by atoms with Crippen molar-refractivity contribution in [2.24, 2.45) is 0 Å². The van der Waals surface area contributed by atoms with Crippen LogP contribution >= 0.6 is 11.6 Å². The van der Waals surface area contributed by atoms with Crippen LogP contribution in [0.15, 0.2) is 42.5 Å². The molecule has 4 nitrogen and oxygen atoms in total. The van der Waals surface area contributed by atoms with Crippen molar-refractivity contribution in [1.29, 1.82) is 0 Å². The molecule has 0 saturated heterocycles. The van der Waals surface area contributed by atoms with E-state index >= 15 is 0 Å². The number of anilines is 1. The third-order valence-corrected chi connectivity index (χ3v) is 3.45. The van der Waals surface area contributed by atoms with Gasteiger partial charge in [-0.05, 0) is 30.7 Å². The third kappa shape index (κ3) is 4.26. The topological polar surface area (TPSA) is 58.2 Å². The highest BCUT2D eigenvalue weighted by Crippen LogP contribution is 2.22. The van der Waals surface area contributed by atoms with Gasteiger partial charge in [0.25, 0.3) is 0 Å². The molecule has 2 aromatic rings. The fourth-order valence-electron chi connectivity index (χ4n) is 1.94. The molecule has 0 saturated carbocycles. The quantitative estimate of drug-likeness (QED) is 0.842. The fraction of sp³-hybridized carbons (Fsp3) is 0.125. The van der Waals surface area contributed by atoms with Gasteiger partial charge in [-0.1, -0.05) is 29.8 Å². The van der Waals surface area contributed by atoms with Gasteiger partial charge in [-0.2, -0.15) is 0 Å². The predicted octanol–water partition coefficient (Wildman–Crippen LogP) is 3.43. The average Bonchev–Trinajstić information content (AvgIpc) is 2.50. The Kier molecular flexibility index (Phi) is 5.28. The Hall–Kier alpha value is -2.47. The number of nitrogens with one attached hydrogen (secondary N) is 2. The molecule has 7 heteroatoms. The first kappa shape index (κ1) is 16.9. The van der Waals surface area contributed by atoms with E-state index in [0.717, 1.165) is 12.1 Å². The van der Waals surface area contributed by atoms with Gasteiger partial charge in [0.2, 0.25) is 0 Å². The molecule has 0 fully saturated rings. The molecule has 120 valence electrons. The number of carbonyl (C=O) groups is 2. The van der Waals surface area contributed by atoms with Crippen LogP contribution in [0.2, 0.25) is 5.02 Å². The molecule has 0 heterocycles. The predicted molar refractivity (Wildman–Crippen MR) is 83.0 cm³/mol. The Morgan fingerprint density at radius 3 is 2.43 bits per heavy atom. The molecule has 0 aliphatic carbocycles. The van der Waals surface area contributed by atoms with Crippen LogP contribution in [0.25, 0.3) is 0 Å². The number of carbonyl (C=O) groups excluding carboxylic acids is 2. The van der Waals surface area contributed by atoms with E-state index in [2.05, 4.69) is 10.6 Å². The molecule has 0 aliphatic heterocycles. The van der Waals surface area contributed by atoms with E-state index in [1.54, 1.807) is 31.2 Å². The summed E-state index contributed by atoms with van der Waals surface area (Å²) in [5.41, 5.74) is 0.361. The van der Waals surface area contributed by atoms with E-state index in [4.69, 9.17) is 11.6 Å². The molecule has 1 unspecified atom stereocenters. The molecule has 0 bridgehead atoms. The maximum Gasteiger partial charge on any atom is 0.313 e. The van der Waals surface area contributed by atoms with Gasteiger partial charge in [0.1, 0.15) is 11.6 Å². The van der Waals surface area contributed by atoms with E-state index in [1.165, 1.54) is 0 Å². The molecule has 0 aliphatic rings. The number of rotatable bonds is 3. The van der Waals surface area contributed by atoms with Crippen LogP contribution in [-0.2, 0) is 9.59 Å². The van der Waals surface area contributed by atoms with Gasteiger partial charge in [-0.25, -0.2) is 8.78 Å². The molecule has 0 aromatic heterocycles. The van der Waals surface area contributed by atoms with E-state index in [0.29, 0.717) is 16.7 Å². The van der Waals surface area contributed by atoms with Crippen LogP contribution in [0.3, 0.4) is 0 Å². The van der Waals surface area contributed by atoms with E-state index < -0.39 is 29.5 Å². The molecule has 2 N–H and O–H groups in total. The second-order valence-electron chi connectivity index (χ2n) is 4.79. The lowest BCUT2D eigenvalue weighted by Gasteiger charge is -2.15. The lowest BCUT2D eigenvalue weighted by molar-refractivity contribution is -0.136. The van der Waals surface area contributed by atoms with Crippen molar-refractivity contribution < 1.29 is 18.4 Å². The summed E-state index contributed by atoms with van der Waals surface area (Å²) in [6.45, 7) is 1.66. The summed E-state index contributed by atoms with van der Waals surface area (Å²) >= 11 is 6.01. The molecular formula is C16H13ClF2N2O2. The minimum absolute atomic E-state index is 0.281. The van der Waals surface area contributed by atoms with Crippen molar-refractivity contribution in [2.75, 3.05) is 5.32 Å². The zero-order valence-corrected chi connectivity index (χ0v) is 12.8. The van der Waals surface area contributed by atoms with E-state index in [9.17, 15) is 18.4 Å². The Morgan fingerprint density at radius 1 is 1.09 bits per heavy atom. The molecule has 2 rings (SSSR count). The lowest BCUT2D eigenvalue weighted by atomic mass is 10.1. The number of amides is 2. The second kappa shape index (κ2) is 7.19. The van der Waals surface area contributed by atoms with Gasteiger partial charge < -0.3 is 10.6 Å². The monoisotopic (exact) mass is 338 g/mol. The van der Waals surface area contributed by atoms with Crippen LogP contribution in [0, 0.1) is 11.6 Å². The minimum atomic E-state index is -1.06. The molecule has 0 radical (unpaired) electrons. The standard InChI is InChI=1S/C16H13ClF2N2O2/c1-9(11-4-2-3-5-12(11)17)20-15(22)16(23)21-14-7-6-10(18)8-13(14)19/h2-9H,1H3,(H,20,22)(H,21,23). The van der Waals surface area contributed by atoms with E-state index in [-0.39, 0.29) is 5.69 Å². The second-order valence-corrected chi connectivity index (χ2v) is 5.20. The summed E-state index contributed by atoms with van der Waals surface area (Å²) < 4.78 is 26.2. The van der Waals surface area contributed by atoms with Crippen molar-refractivity contribution in [3.63, 3.8) is 0 Å². The molecule has 0 spiro atoms. The maximum absolute atomic E-state index is 13.5. The van der Waals surface area contributed by atoms with Crippen molar-refractivity contribution in [2.45, 2.75) is 13.0 Å². The summed E-state index contributed by atoms with van der Waals surface area (Å²) in [4.78, 5) is 23.6. The van der Waals surface area contributed by atoms with Crippen molar-refractivity contribution >= 4 is 29.1 Å². The molecule has 2 amide bonds. The van der Waals surface area contributed by atoms with Crippen molar-refractivity contribution in [3.05, 3.63) is 64.7 Å². The van der Waals surface area contributed by atoms with Gasteiger partial charge in [-0.15, -0.1) is 0 Å². The van der Waals surface area contributed by atoms with Crippen LogP contribution in [0.4, 0.5) is 14.5 Å². The first-order valence-electron chi connectivity index (χ1n) is 6.70. The highest BCUT2D eigenvalue weighted by Gasteiger charge is 2.19. The normalized spacial score (nSPS) is 11.7. The van der Waals surface area contributed by atoms with Crippen LogP contribution < -0.4 is 10.6 Å². The van der Waals surface area contributed by atoms with Crippen molar-refractivity contribution in [1.82, 2.24) is 5.32 Å². The largest absolute Gasteiger partial charge is 0.341 e. The average molecular weight is 339 g/mol. The third-order valence-electron chi connectivity index (χ3n) is 3.10. The van der Waals surface area contributed by atoms with Crippen LogP contribution in [-0.4, -0.2) is 11.8 Å². The summed E-state index contributed by atoms with van der Waals surface area (Å²) in [5, 5.41) is 4.99. The first-order valence-corrected chi connectivity index (χ1v) is 7.07. The fourth-order valence-corrected chi connectivity index (χ4v) is 2.24. The van der Waals surface area contributed by atoms with Gasteiger partial charge in [0.05, 0.1) is 11.7 Å². The molecule has 2 aromatic carbocycles. The minimum Gasteiger partial charge on any atom is -0.341 e. The number of hydrogen-bond acceptors (Lipinski definition) is 2. The summed E-state index contributed by atoms with van der Waals surface area (Å²) in [7, 11) is 0. The molecule has 1 atom stereocenters. The summed E-state index contributed by atoms with van der Waals surface area (Å²) in [6, 6.07) is 8.97. The Bertz CT molecular complexity index is 753. The summed E-state index contributed by atoms with van der Waals surface area (Å²) in [6.07, 6.45) is 0. The Balaban J connectivity index is 2.03. The van der Waals surface area contributed by atoms with Crippen LogP contribution in [0.1, 0.15) is 18.5 Å². The maximum atomic E-state index is 13.5. The number of benzene rings is 2. The van der Waals surface area contributed by atoms with Gasteiger partial charge in [0.15, 0.2) is 0 Å². The SMILES string of the molecule is CC(NC(=O)C(=O)Nc1ccc(F)cc1F)c1ccccc1Cl. The lowest BCUT2D eigenvalue weighted by Crippen LogP contribution is -2.37. The Morgan fingerprint density at radius 2 is 1.78 bits per heavy atom. The van der Waals surface area contributed by atoms with Gasteiger partial charge in [-0.3, -0.25) is 9.59 Å². The van der Waals surface area contributed by atoms with Gasteiger partial charge >= 0.3 is 11.8 Å². The molecule has 23 heavy (non-hydrogen) atoms. The number of hydrogen-bond donors (Lipinski definition) is 2. The smallest absolute Gasteiger partial charge is 0.313 e. The van der Waals surface area contributed by atoms with Gasteiger partial charge in [0, 0.05) is 11.1 Å². The highest BCUT2D eigenvalue weighted by atomic mass is 35.5. The highest BCUT2D eigenvalue weighted by molar-refractivity contribution is 6.39. The van der Waals surface area contributed by atoms with E-state index in [1.807, 2.05) is 0 Å². The first-order chi connectivity index (χ1) is 10.9. The Labute approximate surface area is 136 Å². The zero-order valence-electron chi connectivity index (χ0n) is 12.1. The summed E-state index contributed by atoms with van der Waals surface area (Å²) in [5.74, 6) is -3.77. The van der Waals surface area contributed by atoms with Crippen molar-refractivity contribution in [3.8, 4) is 0 Å². The van der Waals surface area contributed by atoms with Crippen LogP contribution in [0.5, 0.6) is 0 Å².